The van der Waals surface area contributed by atoms with Gasteiger partial charge in [-0.05, 0) is 17.0 Å². The average Bonchev–Trinajstić information content (AvgIpc) is 2.81. The van der Waals surface area contributed by atoms with Gasteiger partial charge >= 0.3 is 0 Å². The van der Waals surface area contributed by atoms with E-state index in [4.69, 9.17) is 0 Å². The minimum absolute atomic E-state index is 0.0833. The van der Waals surface area contributed by atoms with Gasteiger partial charge in [0.2, 0.25) is 0 Å². The maximum atomic E-state index is 11.7. The molecule has 1 aromatic rings. The highest BCUT2D eigenvalue weighted by atomic mass is 32.2. The van der Waals surface area contributed by atoms with Crippen molar-refractivity contribution in [2.24, 2.45) is 0 Å². The van der Waals surface area contributed by atoms with Gasteiger partial charge in [-0.1, -0.05) is 38.1 Å². The van der Waals surface area contributed by atoms with Crippen LogP contribution in [0.15, 0.2) is 24.3 Å². The van der Waals surface area contributed by atoms with E-state index < -0.39 is 15.9 Å². The van der Waals surface area contributed by atoms with E-state index in [0.29, 0.717) is 5.92 Å². The van der Waals surface area contributed by atoms with Crippen LogP contribution in [0, 0.1) is 0 Å². The van der Waals surface area contributed by atoms with E-state index in [1.54, 1.807) is 0 Å². The Hall–Kier alpha value is -0.950. The highest BCUT2D eigenvalue weighted by Gasteiger charge is 2.40. The summed E-state index contributed by atoms with van der Waals surface area (Å²) in [5, 5.41) is 10.0. The molecule has 2 saturated heterocycles. The quantitative estimate of drug-likeness (QED) is 0.879. The summed E-state index contributed by atoms with van der Waals surface area (Å²) in [6, 6.07) is 8.60. The molecule has 2 aliphatic rings. The largest absolute Gasteiger partial charge is 0.390 e. The van der Waals surface area contributed by atoms with Gasteiger partial charge in [-0.2, -0.15) is 0 Å². The molecule has 0 aromatic heterocycles. The molecule has 0 bridgehead atoms. The molecule has 2 atom stereocenters. The van der Waals surface area contributed by atoms with Crippen LogP contribution in [0.4, 0.5) is 0 Å². The smallest absolute Gasteiger partial charge is 0.154 e. The lowest BCUT2D eigenvalue weighted by Crippen LogP contribution is -2.53. The fraction of sp³-hybridized carbons (Fsp3) is 0.667. The summed E-state index contributed by atoms with van der Waals surface area (Å²) in [4.78, 5) is 4.55. The third-order valence-corrected chi connectivity index (χ3v) is 6.92. The average molecular weight is 353 g/mol. The monoisotopic (exact) mass is 352 g/mol. The van der Waals surface area contributed by atoms with Gasteiger partial charge in [0.25, 0.3) is 0 Å². The van der Waals surface area contributed by atoms with Crippen LogP contribution in [0.2, 0.25) is 0 Å². The Kier molecular flexibility index (Phi) is 5.30. The first-order chi connectivity index (χ1) is 11.3. The molecule has 0 amide bonds. The number of rotatable bonds is 4. The molecule has 2 unspecified atom stereocenters. The van der Waals surface area contributed by atoms with Gasteiger partial charge in [-0.25, -0.2) is 8.42 Å². The molecule has 2 aliphatic heterocycles. The summed E-state index contributed by atoms with van der Waals surface area (Å²) < 4.78 is 23.4. The van der Waals surface area contributed by atoms with Gasteiger partial charge < -0.3 is 5.11 Å². The third kappa shape index (κ3) is 4.17. The third-order valence-electron chi connectivity index (χ3n) is 5.22. The summed E-state index contributed by atoms with van der Waals surface area (Å²) in [6.45, 7) is 8.79. The first-order valence-corrected chi connectivity index (χ1v) is 10.6. The van der Waals surface area contributed by atoms with E-state index in [0.717, 1.165) is 32.7 Å². The van der Waals surface area contributed by atoms with E-state index in [1.807, 2.05) is 0 Å². The van der Waals surface area contributed by atoms with E-state index >= 15 is 0 Å². The molecule has 6 heteroatoms. The topological polar surface area (TPSA) is 60.9 Å². The van der Waals surface area contributed by atoms with Gasteiger partial charge in [-0.3, -0.25) is 9.80 Å². The van der Waals surface area contributed by atoms with Gasteiger partial charge in [-0.15, -0.1) is 0 Å². The second kappa shape index (κ2) is 7.12. The molecule has 0 spiro atoms. The number of piperazine rings is 1. The van der Waals surface area contributed by atoms with Crippen LogP contribution in [-0.4, -0.2) is 73.2 Å². The van der Waals surface area contributed by atoms with Crippen molar-refractivity contribution in [3.8, 4) is 0 Å². The number of hydrogen-bond donors (Lipinski definition) is 1. The summed E-state index contributed by atoms with van der Waals surface area (Å²) >= 11 is 0. The lowest BCUT2D eigenvalue weighted by atomic mass is 10.0. The Morgan fingerprint density at radius 3 is 2.21 bits per heavy atom. The number of hydrogen-bond acceptors (Lipinski definition) is 5. The molecule has 0 saturated carbocycles. The highest BCUT2D eigenvalue weighted by Crippen LogP contribution is 2.21. The van der Waals surface area contributed by atoms with Crippen molar-refractivity contribution in [3.63, 3.8) is 0 Å². The molecule has 24 heavy (non-hydrogen) atoms. The lowest BCUT2D eigenvalue weighted by Gasteiger charge is -2.38. The fourth-order valence-corrected chi connectivity index (χ4v) is 5.51. The van der Waals surface area contributed by atoms with Crippen molar-refractivity contribution in [1.29, 1.82) is 0 Å². The fourth-order valence-electron chi connectivity index (χ4n) is 3.68. The first-order valence-electron chi connectivity index (χ1n) is 8.78. The Balaban J connectivity index is 1.52. The second-order valence-corrected chi connectivity index (χ2v) is 9.57. The van der Waals surface area contributed by atoms with Crippen molar-refractivity contribution >= 4 is 9.84 Å². The first kappa shape index (κ1) is 17.9. The Bertz CT molecular complexity index is 649. The van der Waals surface area contributed by atoms with Crippen LogP contribution in [0.1, 0.15) is 30.9 Å². The molecule has 2 heterocycles. The molecule has 0 radical (unpaired) electrons. The van der Waals surface area contributed by atoms with Gasteiger partial charge in [0.15, 0.2) is 9.84 Å². The van der Waals surface area contributed by atoms with Crippen molar-refractivity contribution in [2.45, 2.75) is 38.5 Å². The maximum absolute atomic E-state index is 11.7. The van der Waals surface area contributed by atoms with Crippen molar-refractivity contribution in [2.75, 3.05) is 37.7 Å². The molecule has 2 fully saturated rings. The normalized spacial score (nSPS) is 28.5. The molecular weight excluding hydrogens is 324 g/mol. The summed E-state index contributed by atoms with van der Waals surface area (Å²) in [5.41, 5.74) is 2.68. The molecule has 1 aromatic carbocycles. The van der Waals surface area contributed by atoms with E-state index in [-0.39, 0.29) is 17.5 Å². The number of benzene rings is 1. The van der Waals surface area contributed by atoms with Crippen molar-refractivity contribution in [3.05, 3.63) is 35.4 Å². The van der Waals surface area contributed by atoms with Crippen molar-refractivity contribution in [1.82, 2.24) is 9.80 Å². The van der Waals surface area contributed by atoms with Gasteiger partial charge in [0.05, 0.1) is 23.7 Å². The van der Waals surface area contributed by atoms with Crippen molar-refractivity contribution < 1.29 is 13.5 Å². The minimum atomic E-state index is -3.07. The van der Waals surface area contributed by atoms with E-state index in [9.17, 15) is 13.5 Å². The van der Waals surface area contributed by atoms with E-state index in [1.165, 1.54) is 11.1 Å². The second-order valence-electron chi connectivity index (χ2n) is 7.42. The van der Waals surface area contributed by atoms with Crippen LogP contribution >= 0.6 is 0 Å². The molecule has 1 N–H and O–H groups in total. The number of sulfone groups is 1. The number of nitrogens with zero attached hydrogens (tertiary/aromatic N) is 2. The predicted molar refractivity (Wildman–Crippen MR) is 95.8 cm³/mol. The molecule has 5 nitrogen and oxygen atoms in total. The van der Waals surface area contributed by atoms with Crippen LogP contribution in [-0.2, 0) is 16.4 Å². The van der Waals surface area contributed by atoms with Crippen LogP contribution in [0.25, 0.3) is 0 Å². The SMILES string of the molecule is CC(C)c1ccc(CN2CCN(C3CS(=O)(=O)CC3O)CC2)cc1. The standard InChI is InChI=1S/C18H28N2O3S/c1-14(2)16-5-3-15(4-6-16)11-19-7-9-20(10-8-19)17-12-24(22,23)13-18(17)21/h3-6,14,17-18,21H,7-13H2,1-2H3. The Labute approximate surface area is 145 Å². The molecule has 0 aliphatic carbocycles. The Morgan fingerprint density at radius 1 is 1.08 bits per heavy atom. The minimum Gasteiger partial charge on any atom is -0.390 e. The van der Waals surface area contributed by atoms with Gasteiger partial charge in [0.1, 0.15) is 0 Å². The maximum Gasteiger partial charge on any atom is 0.154 e. The van der Waals surface area contributed by atoms with Gasteiger partial charge in [0, 0.05) is 32.7 Å². The molecule has 3 rings (SSSR count). The van der Waals surface area contributed by atoms with Crippen LogP contribution in [0.5, 0.6) is 0 Å². The zero-order valence-corrected chi connectivity index (χ0v) is 15.4. The summed E-state index contributed by atoms with van der Waals surface area (Å²) in [5.74, 6) is 0.571. The Morgan fingerprint density at radius 2 is 1.71 bits per heavy atom. The zero-order valence-electron chi connectivity index (χ0n) is 14.6. The summed E-state index contributed by atoms with van der Waals surface area (Å²) in [7, 11) is -3.07. The highest BCUT2D eigenvalue weighted by molar-refractivity contribution is 7.91. The number of aliphatic hydroxyl groups is 1. The lowest BCUT2D eigenvalue weighted by molar-refractivity contribution is 0.0424. The van der Waals surface area contributed by atoms with Crippen LogP contribution in [0.3, 0.4) is 0 Å². The molecule has 134 valence electrons. The summed E-state index contributed by atoms with van der Waals surface area (Å²) in [6.07, 6.45) is -0.731. The zero-order chi connectivity index (χ0) is 17.3. The molecular formula is C18H28N2O3S. The number of aliphatic hydroxyl groups excluding tert-OH is 1. The van der Waals surface area contributed by atoms with Crippen LogP contribution < -0.4 is 0 Å². The van der Waals surface area contributed by atoms with E-state index in [2.05, 4.69) is 47.9 Å². The predicted octanol–water partition coefficient (Wildman–Crippen LogP) is 1.09.